The van der Waals surface area contributed by atoms with Crippen molar-refractivity contribution in [3.63, 3.8) is 0 Å². The summed E-state index contributed by atoms with van der Waals surface area (Å²) in [6, 6.07) is 9.49. The summed E-state index contributed by atoms with van der Waals surface area (Å²) in [7, 11) is 1.64. The summed E-state index contributed by atoms with van der Waals surface area (Å²) in [5, 5.41) is 27.9. The van der Waals surface area contributed by atoms with Crippen molar-refractivity contribution in [3.05, 3.63) is 47.5 Å². The number of aromatic hydroxyl groups is 1. The number of aryl methyl sites for hydroxylation is 1. The van der Waals surface area contributed by atoms with Gasteiger partial charge < -0.3 is 25.8 Å². The molecule has 170 valence electrons. The molecule has 9 heteroatoms. The Morgan fingerprint density at radius 1 is 1.22 bits per heavy atom. The Kier molecular flexibility index (Phi) is 6.87. The van der Waals surface area contributed by atoms with E-state index in [1.165, 1.54) is 23.1 Å². The first-order valence-electron chi connectivity index (χ1n) is 10.4. The molecular weight excluding hydrogens is 408 g/mol. The van der Waals surface area contributed by atoms with Gasteiger partial charge in [0.1, 0.15) is 23.4 Å². The van der Waals surface area contributed by atoms with Crippen molar-refractivity contribution in [3.8, 4) is 11.5 Å². The minimum absolute atomic E-state index is 0.105. The normalized spacial score (nSPS) is 14.0. The molecule has 2 aromatic carbocycles. The van der Waals surface area contributed by atoms with E-state index in [2.05, 4.69) is 5.32 Å². The predicted octanol–water partition coefficient (Wildman–Crippen LogP) is 3.49. The third-order valence-corrected chi connectivity index (χ3v) is 5.60. The number of nitrogens with one attached hydrogen (secondary N) is 3. The molecule has 0 radical (unpaired) electrons. The van der Waals surface area contributed by atoms with Crippen LogP contribution in [0.1, 0.15) is 30.9 Å². The maximum atomic E-state index is 12.8. The molecule has 2 aromatic rings. The maximum absolute atomic E-state index is 12.8. The molecule has 0 atom stereocenters. The van der Waals surface area contributed by atoms with Crippen LogP contribution in [0.25, 0.3) is 0 Å². The third-order valence-electron chi connectivity index (χ3n) is 5.60. The first-order valence-corrected chi connectivity index (χ1v) is 10.4. The minimum atomic E-state index is -0.438. The van der Waals surface area contributed by atoms with Gasteiger partial charge in [-0.3, -0.25) is 15.7 Å². The van der Waals surface area contributed by atoms with Crippen LogP contribution in [0, 0.1) is 17.7 Å². The smallest absolute Gasteiger partial charge is 0.326 e. The molecule has 0 aliphatic carbocycles. The Labute approximate surface area is 187 Å². The summed E-state index contributed by atoms with van der Waals surface area (Å²) in [4.78, 5) is 16.2. The van der Waals surface area contributed by atoms with Crippen molar-refractivity contribution in [2.75, 3.05) is 30.4 Å². The Morgan fingerprint density at radius 2 is 1.91 bits per heavy atom. The molecular formula is C23H30N6O3. The van der Waals surface area contributed by atoms with Crippen LogP contribution in [0.15, 0.2) is 36.4 Å². The molecule has 6 N–H and O–H groups in total. The molecule has 0 unspecified atom stereocenters. The number of nitrogens with zero attached hydrogens (tertiary/aromatic N) is 2. The van der Waals surface area contributed by atoms with Crippen LogP contribution in [0.4, 0.5) is 16.2 Å². The largest absolute Gasteiger partial charge is 0.506 e. The highest BCUT2D eigenvalue weighted by molar-refractivity contribution is 6.04. The average molecular weight is 439 g/mol. The Balaban J connectivity index is 1.65. The van der Waals surface area contributed by atoms with Crippen molar-refractivity contribution >= 4 is 29.1 Å². The summed E-state index contributed by atoms with van der Waals surface area (Å²) in [6.07, 6.45) is 1.83. The number of nitrogens with two attached hydrogens (primary N) is 1. The zero-order chi connectivity index (χ0) is 23.4. The second-order valence-corrected chi connectivity index (χ2v) is 7.97. The molecule has 0 bridgehead atoms. The van der Waals surface area contributed by atoms with Gasteiger partial charge in [-0.25, -0.2) is 4.79 Å². The van der Waals surface area contributed by atoms with E-state index in [1.807, 2.05) is 30.0 Å². The fourth-order valence-corrected chi connectivity index (χ4v) is 3.69. The van der Waals surface area contributed by atoms with Gasteiger partial charge in [0.15, 0.2) is 0 Å². The van der Waals surface area contributed by atoms with E-state index in [0.717, 1.165) is 37.2 Å². The molecule has 1 aliphatic heterocycles. The van der Waals surface area contributed by atoms with Gasteiger partial charge in [-0.1, -0.05) is 0 Å². The molecule has 0 aromatic heterocycles. The fourth-order valence-electron chi connectivity index (χ4n) is 3.69. The topological polar surface area (TPSA) is 139 Å². The maximum Gasteiger partial charge on any atom is 0.326 e. The number of ether oxygens (including phenoxy) is 1. The van der Waals surface area contributed by atoms with E-state index < -0.39 is 6.03 Å². The quantitative estimate of drug-likeness (QED) is 0.276. The Bertz CT molecular complexity index is 1030. The molecule has 9 nitrogen and oxygen atoms in total. The molecule has 2 amide bonds. The second kappa shape index (κ2) is 9.59. The summed E-state index contributed by atoms with van der Waals surface area (Å²) < 4.78 is 6.13. The van der Waals surface area contributed by atoms with Gasteiger partial charge in [0, 0.05) is 44.2 Å². The monoisotopic (exact) mass is 438 g/mol. The molecule has 1 saturated heterocycles. The van der Waals surface area contributed by atoms with Gasteiger partial charge in [-0.05, 0) is 55.8 Å². The van der Waals surface area contributed by atoms with Crippen molar-refractivity contribution < 1.29 is 14.6 Å². The predicted molar refractivity (Wildman–Crippen MR) is 126 cm³/mol. The number of phenols is 1. The molecule has 1 heterocycles. The number of rotatable bonds is 5. The van der Waals surface area contributed by atoms with Gasteiger partial charge in [-0.2, -0.15) is 0 Å². The second-order valence-electron chi connectivity index (χ2n) is 7.97. The highest BCUT2D eigenvalue weighted by Crippen LogP contribution is 2.28. The minimum Gasteiger partial charge on any atom is -0.506 e. The summed E-state index contributed by atoms with van der Waals surface area (Å²) in [5.41, 5.74) is 7.64. The number of phenolic OH excluding ortho intramolecular Hbond substituents is 1. The van der Waals surface area contributed by atoms with Crippen molar-refractivity contribution in [1.29, 1.82) is 10.8 Å². The number of nitrogen functional groups attached to an aromatic ring is 1. The Morgan fingerprint density at radius 3 is 2.50 bits per heavy atom. The van der Waals surface area contributed by atoms with Gasteiger partial charge in [0.25, 0.3) is 0 Å². The SMILES string of the molecule is CC(=N)N1CCC(Oc2ccc(N(C)C(=O)Nc3cc(C(=N)N)ccc3O)c(C)c2)CC1. The first-order chi connectivity index (χ1) is 15.2. The van der Waals surface area contributed by atoms with Crippen LogP contribution in [0.5, 0.6) is 11.5 Å². The molecule has 3 rings (SSSR count). The fraction of sp³-hybridized carbons (Fsp3) is 0.348. The van der Waals surface area contributed by atoms with Crippen LogP contribution in [-0.4, -0.2) is 53.9 Å². The number of hydrogen-bond donors (Lipinski definition) is 5. The average Bonchev–Trinajstić information content (AvgIpc) is 2.75. The molecule has 0 spiro atoms. The first kappa shape index (κ1) is 22.9. The highest BCUT2D eigenvalue weighted by atomic mass is 16.5. The number of anilines is 2. The number of amidine groups is 2. The Hall–Kier alpha value is -3.75. The van der Waals surface area contributed by atoms with Gasteiger partial charge >= 0.3 is 6.03 Å². The van der Waals surface area contributed by atoms with Gasteiger partial charge in [-0.15, -0.1) is 0 Å². The molecule has 1 aliphatic rings. The van der Waals surface area contributed by atoms with Crippen molar-refractivity contribution in [2.24, 2.45) is 5.73 Å². The van der Waals surface area contributed by atoms with Crippen LogP contribution in [-0.2, 0) is 0 Å². The van der Waals surface area contributed by atoms with E-state index in [-0.39, 0.29) is 23.4 Å². The number of hydrogen-bond acceptors (Lipinski definition) is 5. The lowest BCUT2D eigenvalue weighted by Gasteiger charge is -2.33. The molecule has 32 heavy (non-hydrogen) atoms. The van der Waals surface area contributed by atoms with Crippen LogP contribution in [0.3, 0.4) is 0 Å². The molecule has 0 saturated carbocycles. The van der Waals surface area contributed by atoms with E-state index >= 15 is 0 Å². The number of likely N-dealkylation sites (tertiary alicyclic amines) is 1. The molecule has 1 fully saturated rings. The van der Waals surface area contributed by atoms with Crippen LogP contribution >= 0.6 is 0 Å². The lowest BCUT2D eigenvalue weighted by atomic mass is 10.1. The highest BCUT2D eigenvalue weighted by Gasteiger charge is 2.21. The lowest BCUT2D eigenvalue weighted by Crippen LogP contribution is -2.40. The number of benzene rings is 2. The zero-order valence-electron chi connectivity index (χ0n) is 18.6. The number of amides is 2. The van der Waals surface area contributed by atoms with Crippen LogP contribution < -0.4 is 20.7 Å². The van der Waals surface area contributed by atoms with E-state index in [4.69, 9.17) is 21.3 Å². The zero-order valence-corrected chi connectivity index (χ0v) is 18.6. The number of carbonyl (C=O) groups is 1. The van der Waals surface area contributed by atoms with Crippen molar-refractivity contribution in [2.45, 2.75) is 32.8 Å². The van der Waals surface area contributed by atoms with E-state index in [0.29, 0.717) is 17.1 Å². The standard InChI is InChI=1S/C23H30N6O3/c1-14-12-18(32-17-8-10-29(11-9-17)15(2)24)5-6-20(14)28(3)23(31)27-19-13-16(22(25)26)4-7-21(19)30/h4-7,12-13,17,24,30H,8-11H2,1-3H3,(H3,25,26)(H,27,31). The number of urea groups is 1. The van der Waals surface area contributed by atoms with E-state index in [9.17, 15) is 9.90 Å². The summed E-state index contributed by atoms with van der Waals surface area (Å²) in [6.45, 7) is 5.34. The third kappa shape index (κ3) is 5.29. The van der Waals surface area contributed by atoms with Crippen LogP contribution in [0.2, 0.25) is 0 Å². The van der Waals surface area contributed by atoms with Gasteiger partial charge in [0.2, 0.25) is 0 Å². The summed E-state index contributed by atoms with van der Waals surface area (Å²) in [5.74, 6) is 1.07. The van der Waals surface area contributed by atoms with E-state index in [1.54, 1.807) is 14.0 Å². The number of piperidine rings is 1. The summed E-state index contributed by atoms with van der Waals surface area (Å²) >= 11 is 0. The lowest BCUT2D eigenvalue weighted by molar-refractivity contribution is 0.130. The van der Waals surface area contributed by atoms with Gasteiger partial charge in [0.05, 0.1) is 11.5 Å². The van der Waals surface area contributed by atoms with Crippen molar-refractivity contribution in [1.82, 2.24) is 4.90 Å². The number of carbonyl (C=O) groups excluding carboxylic acids is 1.